The van der Waals surface area contributed by atoms with E-state index in [2.05, 4.69) is 5.32 Å². The molecule has 19 heavy (non-hydrogen) atoms. The molecule has 0 spiro atoms. The summed E-state index contributed by atoms with van der Waals surface area (Å²) >= 11 is 0. The van der Waals surface area contributed by atoms with Gasteiger partial charge < -0.3 is 10.1 Å². The number of benzene rings is 1. The number of hydrogen-bond donors (Lipinski definition) is 1. The van der Waals surface area contributed by atoms with Crippen molar-refractivity contribution >= 4 is 11.6 Å². The van der Waals surface area contributed by atoms with E-state index in [1.807, 2.05) is 6.92 Å². The highest BCUT2D eigenvalue weighted by atomic mass is 19.1. The molecule has 1 heterocycles. The number of nitro benzene ring substituents is 1. The number of ether oxygens (including phenoxy) is 1. The Bertz CT molecular complexity index is 528. The Kier molecular flexibility index (Phi) is 3.48. The molecule has 1 aliphatic heterocycles. The Balaban J connectivity index is 2.08. The third kappa shape index (κ3) is 3.05. The Morgan fingerprint density at radius 1 is 1.53 bits per heavy atom. The molecule has 1 aromatic carbocycles. The smallest absolute Gasteiger partial charge is 0.273 e. The molecule has 0 unspecified atom stereocenters. The van der Waals surface area contributed by atoms with Crippen LogP contribution >= 0.6 is 0 Å². The van der Waals surface area contributed by atoms with Crippen LogP contribution in [0, 0.1) is 21.3 Å². The van der Waals surface area contributed by atoms with Crippen molar-refractivity contribution in [1.82, 2.24) is 5.32 Å². The van der Waals surface area contributed by atoms with Crippen LogP contribution in [0.3, 0.4) is 0 Å². The van der Waals surface area contributed by atoms with E-state index >= 15 is 0 Å². The third-order valence-electron chi connectivity index (χ3n) is 2.93. The van der Waals surface area contributed by atoms with Crippen LogP contribution in [0.25, 0.3) is 0 Å². The summed E-state index contributed by atoms with van der Waals surface area (Å²) < 4.78 is 18.2. The Labute approximate surface area is 108 Å². The molecule has 0 radical (unpaired) electrons. The summed E-state index contributed by atoms with van der Waals surface area (Å²) in [5.41, 5.74) is -0.617. The molecular formula is C12H13FN2O4. The van der Waals surface area contributed by atoms with Crippen molar-refractivity contribution in [1.29, 1.82) is 0 Å². The molecule has 102 valence electrons. The van der Waals surface area contributed by atoms with Crippen LogP contribution in [-0.2, 0) is 4.74 Å². The first-order valence-electron chi connectivity index (χ1n) is 5.71. The zero-order valence-electron chi connectivity index (χ0n) is 10.3. The average Bonchev–Trinajstić information content (AvgIpc) is 2.32. The second-order valence-electron chi connectivity index (χ2n) is 4.94. The van der Waals surface area contributed by atoms with Gasteiger partial charge in [0.15, 0.2) is 0 Å². The average molecular weight is 268 g/mol. The molecule has 0 saturated carbocycles. The van der Waals surface area contributed by atoms with Crippen LogP contribution in [-0.4, -0.2) is 30.6 Å². The number of rotatable bonds is 4. The van der Waals surface area contributed by atoms with Crippen LogP contribution in [0.5, 0.6) is 0 Å². The molecule has 0 atom stereocenters. The molecule has 1 amide bonds. The molecule has 1 N–H and O–H groups in total. The number of hydrogen-bond acceptors (Lipinski definition) is 4. The van der Waals surface area contributed by atoms with E-state index in [4.69, 9.17) is 4.74 Å². The SMILES string of the molecule is CC1(CNC(=O)c2cc(F)cc([N+](=O)[O-])c2)COC1. The van der Waals surface area contributed by atoms with Gasteiger partial charge in [-0.2, -0.15) is 0 Å². The number of nitro groups is 1. The lowest BCUT2D eigenvalue weighted by molar-refractivity contribution is -0.385. The maximum Gasteiger partial charge on any atom is 0.273 e. The van der Waals surface area contributed by atoms with Gasteiger partial charge in [-0.25, -0.2) is 4.39 Å². The molecule has 1 aromatic rings. The van der Waals surface area contributed by atoms with Gasteiger partial charge in [-0.1, -0.05) is 6.92 Å². The number of amides is 1. The van der Waals surface area contributed by atoms with Gasteiger partial charge in [0, 0.05) is 23.6 Å². The minimum Gasteiger partial charge on any atom is -0.380 e. The molecule has 7 heteroatoms. The lowest BCUT2D eigenvalue weighted by atomic mass is 9.88. The lowest BCUT2D eigenvalue weighted by Gasteiger charge is -2.38. The number of halogens is 1. The second kappa shape index (κ2) is 4.93. The van der Waals surface area contributed by atoms with E-state index in [9.17, 15) is 19.3 Å². The molecule has 2 rings (SSSR count). The van der Waals surface area contributed by atoms with Crippen molar-refractivity contribution in [2.24, 2.45) is 5.41 Å². The summed E-state index contributed by atoms with van der Waals surface area (Å²) in [7, 11) is 0. The van der Waals surface area contributed by atoms with Gasteiger partial charge >= 0.3 is 0 Å². The number of carbonyl (C=O) groups is 1. The van der Waals surface area contributed by atoms with Crippen molar-refractivity contribution in [3.8, 4) is 0 Å². The number of nitrogens with one attached hydrogen (secondary N) is 1. The summed E-state index contributed by atoms with van der Waals surface area (Å²) in [6.45, 7) is 3.44. The number of non-ortho nitro benzene ring substituents is 1. The zero-order chi connectivity index (χ0) is 14.0. The van der Waals surface area contributed by atoms with Gasteiger partial charge in [-0.3, -0.25) is 14.9 Å². The third-order valence-corrected chi connectivity index (χ3v) is 2.93. The van der Waals surface area contributed by atoms with E-state index in [1.165, 1.54) is 0 Å². The highest BCUT2D eigenvalue weighted by Gasteiger charge is 2.33. The van der Waals surface area contributed by atoms with E-state index in [1.54, 1.807) is 0 Å². The fourth-order valence-electron chi connectivity index (χ4n) is 1.76. The zero-order valence-corrected chi connectivity index (χ0v) is 10.3. The minimum atomic E-state index is -0.808. The van der Waals surface area contributed by atoms with Gasteiger partial charge in [0.2, 0.25) is 0 Å². The molecule has 1 fully saturated rings. The highest BCUT2D eigenvalue weighted by molar-refractivity contribution is 5.94. The highest BCUT2D eigenvalue weighted by Crippen LogP contribution is 2.25. The molecule has 1 aliphatic rings. The molecule has 0 aromatic heterocycles. The monoisotopic (exact) mass is 268 g/mol. The van der Waals surface area contributed by atoms with Crippen LogP contribution in [0.15, 0.2) is 18.2 Å². The Morgan fingerprint density at radius 2 is 2.21 bits per heavy atom. The van der Waals surface area contributed by atoms with Crippen LogP contribution in [0.4, 0.5) is 10.1 Å². The first kappa shape index (κ1) is 13.4. The molecule has 0 bridgehead atoms. The van der Waals surface area contributed by atoms with Crippen molar-refractivity contribution < 1.29 is 18.8 Å². The predicted molar refractivity (Wildman–Crippen MR) is 64.3 cm³/mol. The first-order valence-corrected chi connectivity index (χ1v) is 5.71. The van der Waals surface area contributed by atoms with Gasteiger partial charge in [0.05, 0.1) is 24.2 Å². The van der Waals surface area contributed by atoms with E-state index in [0.717, 1.165) is 18.2 Å². The van der Waals surface area contributed by atoms with E-state index in [0.29, 0.717) is 19.8 Å². The summed E-state index contributed by atoms with van der Waals surface area (Å²) in [6.07, 6.45) is 0. The summed E-state index contributed by atoms with van der Waals surface area (Å²) in [6, 6.07) is 2.80. The molecule has 0 aliphatic carbocycles. The normalized spacial score (nSPS) is 16.5. The van der Waals surface area contributed by atoms with Crippen molar-refractivity contribution in [3.63, 3.8) is 0 Å². The largest absolute Gasteiger partial charge is 0.380 e. The standard InChI is InChI=1S/C12H13FN2O4/c1-12(6-19-7-12)5-14-11(16)8-2-9(13)4-10(3-8)15(17)18/h2-4H,5-7H2,1H3,(H,14,16). The Morgan fingerprint density at radius 3 is 2.74 bits per heavy atom. The first-order chi connectivity index (χ1) is 8.89. The summed E-state index contributed by atoms with van der Waals surface area (Å²) in [5, 5.41) is 13.2. The van der Waals surface area contributed by atoms with Crippen molar-refractivity contribution in [2.45, 2.75) is 6.92 Å². The quantitative estimate of drug-likeness (QED) is 0.662. The molecule has 6 nitrogen and oxygen atoms in total. The van der Waals surface area contributed by atoms with Crippen LogP contribution in [0.1, 0.15) is 17.3 Å². The minimum absolute atomic E-state index is 0.0597. The van der Waals surface area contributed by atoms with Crippen molar-refractivity contribution in [2.75, 3.05) is 19.8 Å². The van der Waals surface area contributed by atoms with Crippen LogP contribution < -0.4 is 5.32 Å². The topological polar surface area (TPSA) is 81.5 Å². The maximum atomic E-state index is 13.2. The fraction of sp³-hybridized carbons (Fsp3) is 0.417. The van der Waals surface area contributed by atoms with E-state index in [-0.39, 0.29) is 11.0 Å². The van der Waals surface area contributed by atoms with Gasteiger partial charge in [0.1, 0.15) is 5.82 Å². The van der Waals surface area contributed by atoms with Crippen LogP contribution in [0.2, 0.25) is 0 Å². The van der Waals surface area contributed by atoms with Gasteiger partial charge in [0.25, 0.3) is 11.6 Å². The lowest BCUT2D eigenvalue weighted by Crippen LogP contribution is -2.48. The summed E-state index contributed by atoms with van der Waals surface area (Å²) in [5.74, 6) is -1.34. The number of nitrogens with zero attached hydrogens (tertiary/aromatic N) is 1. The predicted octanol–water partition coefficient (Wildman–Crippen LogP) is 1.50. The summed E-state index contributed by atoms with van der Waals surface area (Å²) in [4.78, 5) is 21.7. The number of carbonyl (C=O) groups excluding carboxylic acids is 1. The van der Waals surface area contributed by atoms with Gasteiger partial charge in [-0.15, -0.1) is 0 Å². The Hall–Kier alpha value is -2.02. The maximum absolute atomic E-state index is 13.2. The molecule has 1 saturated heterocycles. The second-order valence-corrected chi connectivity index (χ2v) is 4.94. The fourth-order valence-corrected chi connectivity index (χ4v) is 1.76. The van der Waals surface area contributed by atoms with Crippen molar-refractivity contribution in [3.05, 3.63) is 39.7 Å². The molecular weight excluding hydrogens is 255 g/mol. The van der Waals surface area contributed by atoms with E-state index < -0.39 is 22.3 Å². The van der Waals surface area contributed by atoms with Gasteiger partial charge in [-0.05, 0) is 6.07 Å².